The highest BCUT2D eigenvalue weighted by molar-refractivity contribution is 6.31. The topological polar surface area (TPSA) is 101 Å². The Bertz CT molecular complexity index is 525. The second kappa shape index (κ2) is 6.86. The number of aromatic nitrogens is 3. The van der Waals surface area contributed by atoms with Crippen molar-refractivity contribution in [1.29, 1.82) is 0 Å². The van der Waals surface area contributed by atoms with Gasteiger partial charge in [0.05, 0.1) is 6.34 Å². The zero-order valence-corrected chi connectivity index (χ0v) is 12.9. The number of piperidine rings is 1. The molecule has 2 rings (SSSR count). The summed E-state index contributed by atoms with van der Waals surface area (Å²) in [5.74, 6) is 0.451. The molecule has 0 saturated carbocycles. The smallest absolute Gasteiger partial charge is 0.344 e. The van der Waals surface area contributed by atoms with E-state index in [1.165, 1.54) is 0 Å². The molecule has 1 saturated heterocycles. The van der Waals surface area contributed by atoms with Crippen LogP contribution in [-0.2, 0) is 0 Å². The number of carbonyl (C=O) groups is 1. The highest BCUT2D eigenvalue weighted by atomic mass is 35.5. The molecule has 8 nitrogen and oxygen atoms in total. The van der Waals surface area contributed by atoms with Crippen LogP contribution in [0.3, 0.4) is 0 Å². The van der Waals surface area contributed by atoms with E-state index in [1.54, 1.807) is 11.9 Å². The molecule has 0 spiro atoms. The molecular formula is C11H15Cl2N7O. The lowest BCUT2D eigenvalue weighted by Crippen LogP contribution is -2.45. The van der Waals surface area contributed by atoms with Gasteiger partial charge in [-0.05, 0) is 36.0 Å². The van der Waals surface area contributed by atoms with Gasteiger partial charge in [-0.25, -0.2) is 4.79 Å². The zero-order chi connectivity index (χ0) is 15.4. The van der Waals surface area contributed by atoms with Gasteiger partial charge < -0.3 is 15.5 Å². The van der Waals surface area contributed by atoms with Gasteiger partial charge in [-0.1, -0.05) is 0 Å². The fraction of sp³-hybridized carbons (Fsp3) is 0.545. The Kier molecular flexibility index (Phi) is 5.13. The lowest BCUT2D eigenvalue weighted by molar-refractivity contribution is 0.189. The average Bonchev–Trinajstić information content (AvgIpc) is 2.46. The van der Waals surface area contributed by atoms with Crippen LogP contribution < -0.4 is 10.6 Å². The Morgan fingerprint density at radius 2 is 1.90 bits per heavy atom. The molecule has 114 valence electrons. The van der Waals surface area contributed by atoms with Gasteiger partial charge in [-0.3, -0.25) is 0 Å². The number of rotatable bonds is 2. The van der Waals surface area contributed by atoms with Gasteiger partial charge >= 0.3 is 6.03 Å². The number of hydrogen-bond donors (Lipinski definition) is 1. The summed E-state index contributed by atoms with van der Waals surface area (Å²) in [6, 6.07) is -0.243. The zero-order valence-electron chi connectivity index (χ0n) is 11.4. The summed E-state index contributed by atoms with van der Waals surface area (Å²) in [5.41, 5.74) is 5.13. The van der Waals surface area contributed by atoms with Crippen LogP contribution in [0.1, 0.15) is 12.8 Å². The minimum atomic E-state index is -0.345. The van der Waals surface area contributed by atoms with Crippen molar-refractivity contribution in [3.05, 3.63) is 10.6 Å². The van der Waals surface area contributed by atoms with E-state index >= 15 is 0 Å². The second-order valence-corrected chi connectivity index (χ2v) is 5.24. The van der Waals surface area contributed by atoms with Crippen molar-refractivity contribution in [3.63, 3.8) is 0 Å². The number of hydrogen-bond acceptors (Lipinski definition) is 5. The average molecular weight is 332 g/mol. The summed E-state index contributed by atoms with van der Waals surface area (Å²) >= 11 is 11.5. The number of urea groups is 1. The van der Waals surface area contributed by atoms with E-state index in [0.29, 0.717) is 19.0 Å². The molecule has 0 unspecified atom stereocenters. The molecule has 2 heterocycles. The summed E-state index contributed by atoms with van der Waals surface area (Å²) in [5, 5.41) is 0.133. The molecule has 21 heavy (non-hydrogen) atoms. The molecule has 0 atom stereocenters. The molecule has 1 aromatic heterocycles. The lowest BCUT2D eigenvalue weighted by atomic mass is 10.0. The first-order valence-electron chi connectivity index (χ1n) is 6.34. The normalized spacial score (nSPS) is 16.4. The molecule has 10 heteroatoms. The third kappa shape index (κ3) is 3.92. The summed E-state index contributed by atoms with van der Waals surface area (Å²) in [6.45, 7) is 1.37. The Labute approximate surface area is 132 Å². The predicted octanol–water partition coefficient (Wildman–Crippen LogP) is 1.19. The summed E-state index contributed by atoms with van der Waals surface area (Å²) in [4.78, 5) is 30.6. The van der Waals surface area contributed by atoms with Crippen molar-refractivity contribution in [2.45, 2.75) is 18.9 Å². The van der Waals surface area contributed by atoms with Gasteiger partial charge in [0.2, 0.25) is 16.5 Å². The molecule has 0 aliphatic carbocycles. The number of nitrogens with zero attached hydrogens (tertiary/aromatic N) is 6. The monoisotopic (exact) mass is 331 g/mol. The largest absolute Gasteiger partial charge is 0.390 e. The third-order valence-electron chi connectivity index (χ3n) is 3.35. The number of amides is 2. The molecule has 0 radical (unpaired) electrons. The van der Waals surface area contributed by atoms with E-state index in [-0.39, 0.29) is 22.6 Å². The van der Waals surface area contributed by atoms with Crippen LogP contribution in [-0.4, -0.2) is 58.4 Å². The van der Waals surface area contributed by atoms with Gasteiger partial charge in [0, 0.05) is 26.2 Å². The first kappa shape index (κ1) is 15.7. The standard InChI is InChI=1S/C11H15Cl2N7O/c1-19(11(21)15-6-14)7-2-4-20(5-3-7)10-17-8(12)16-9(13)18-10/h6-7H,2-5H2,1H3,(H2,14,15,21). The molecule has 0 aromatic carbocycles. The minimum Gasteiger partial charge on any atom is -0.390 e. The maximum atomic E-state index is 11.6. The van der Waals surface area contributed by atoms with Crippen LogP contribution in [0.2, 0.25) is 10.6 Å². The van der Waals surface area contributed by atoms with Gasteiger partial charge in [0.1, 0.15) is 0 Å². The van der Waals surface area contributed by atoms with Crippen LogP contribution >= 0.6 is 23.2 Å². The fourth-order valence-corrected chi connectivity index (χ4v) is 2.58. The van der Waals surface area contributed by atoms with Crippen LogP contribution in [0.25, 0.3) is 0 Å². The van der Waals surface area contributed by atoms with E-state index < -0.39 is 0 Å². The molecule has 2 N–H and O–H groups in total. The van der Waals surface area contributed by atoms with Crippen LogP contribution in [0, 0.1) is 0 Å². The maximum Gasteiger partial charge on any atom is 0.344 e. The van der Waals surface area contributed by atoms with Crippen LogP contribution in [0.4, 0.5) is 10.7 Å². The van der Waals surface area contributed by atoms with Gasteiger partial charge in [-0.2, -0.15) is 19.9 Å². The Morgan fingerprint density at radius 1 is 1.33 bits per heavy atom. The van der Waals surface area contributed by atoms with Crippen molar-refractivity contribution < 1.29 is 4.79 Å². The maximum absolute atomic E-state index is 11.6. The highest BCUT2D eigenvalue weighted by Gasteiger charge is 2.26. The number of aliphatic imine (C=N–C) groups is 1. The quantitative estimate of drug-likeness (QED) is 0.645. The lowest BCUT2D eigenvalue weighted by Gasteiger charge is -2.35. The Morgan fingerprint density at radius 3 is 2.43 bits per heavy atom. The van der Waals surface area contributed by atoms with Gasteiger partial charge in [0.15, 0.2) is 0 Å². The molecule has 1 aliphatic rings. The first-order valence-corrected chi connectivity index (χ1v) is 7.10. The molecule has 1 aliphatic heterocycles. The number of halogens is 2. The van der Waals surface area contributed by atoms with E-state index in [2.05, 4.69) is 19.9 Å². The summed E-state index contributed by atoms with van der Waals surface area (Å²) < 4.78 is 0. The first-order chi connectivity index (χ1) is 10.0. The van der Waals surface area contributed by atoms with Crippen molar-refractivity contribution in [2.24, 2.45) is 10.7 Å². The van der Waals surface area contributed by atoms with E-state index in [9.17, 15) is 4.79 Å². The van der Waals surface area contributed by atoms with Crippen molar-refractivity contribution in [2.75, 3.05) is 25.0 Å². The Balaban J connectivity index is 1.98. The van der Waals surface area contributed by atoms with E-state index in [4.69, 9.17) is 28.9 Å². The van der Waals surface area contributed by atoms with Gasteiger partial charge in [-0.15, -0.1) is 0 Å². The van der Waals surface area contributed by atoms with Gasteiger partial charge in [0.25, 0.3) is 0 Å². The minimum absolute atomic E-state index is 0.0664. The SMILES string of the molecule is CN(C(=O)N=CN)C1CCN(c2nc(Cl)nc(Cl)n2)CC1. The van der Waals surface area contributed by atoms with E-state index in [0.717, 1.165) is 19.2 Å². The Hall–Kier alpha value is -1.67. The van der Waals surface area contributed by atoms with Crippen molar-refractivity contribution in [1.82, 2.24) is 19.9 Å². The third-order valence-corrected chi connectivity index (χ3v) is 3.69. The second-order valence-electron chi connectivity index (χ2n) is 4.56. The van der Waals surface area contributed by atoms with Crippen molar-refractivity contribution >= 4 is 41.5 Å². The fourth-order valence-electron chi connectivity index (χ4n) is 2.22. The van der Waals surface area contributed by atoms with Crippen molar-refractivity contribution in [3.8, 4) is 0 Å². The molecule has 2 amide bonds. The summed E-state index contributed by atoms with van der Waals surface area (Å²) in [7, 11) is 1.71. The molecule has 1 aromatic rings. The molecule has 1 fully saturated rings. The number of nitrogens with two attached hydrogens (primary N) is 1. The molecular weight excluding hydrogens is 317 g/mol. The number of carbonyl (C=O) groups excluding carboxylic acids is 1. The van der Waals surface area contributed by atoms with E-state index in [1.807, 2.05) is 4.90 Å². The van der Waals surface area contributed by atoms with Crippen LogP contribution in [0.5, 0.6) is 0 Å². The number of anilines is 1. The van der Waals surface area contributed by atoms with Crippen LogP contribution in [0.15, 0.2) is 4.99 Å². The summed E-state index contributed by atoms with van der Waals surface area (Å²) in [6.07, 6.45) is 2.54. The predicted molar refractivity (Wildman–Crippen MR) is 80.9 cm³/mol. The molecule has 0 bridgehead atoms. The highest BCUT2D eigenvalue weighted by Crippen LogP contribution is 2.21.